The first kappa shape index (κ1) is 19.7. The molecule has 0 unspecified atom stereocenters. The summed E-state index contributed by atoms with van der Waals surface area (Å²) in [6, 6.07) is 7.52. The summed E-state index contributed by atoms with van der Waals surface area (Å²) in [4.78, 5) is 25.2. The Kier molecular flexibility index (Phi) is 8.21. The van der Waals surface area contributed by atoms with Gasteiger partial charge in [-0.3, -0.25) is 0 Å². The van der Waals surface area contributed by atoms with Crippen LogP contribution in [-0.4, -0.2) is 49.6 Å². The maximum atomic E-state index is 9.10. The highest BCUT2D eigenvalue weighted by Gasteiger charge is 2.04. The van der Waals surface area contributed by atoms with Gasteiger partial charge in [-0.25, -0.2) is 14.6 Å². The topological polar surface area (TPSA) is 145 Å². The molecular weight excluding hydrogens is 330 g/mol. The summed E-state index contributed by atoms with van der Waals surface area (Å²) < 4.78 is 5.67. The molecule has 0 aliphatic rings. The quantitative estimate of drug-likeness (QED) is 0.204. The molecule has 9 nitrogen and oxygen atoms in total. The fourth-order valence-electron chi connectivity index (χ4n) is 1.74. The molecule has 25 heavy (non-hydrogen) atoms. The van der Waals surface area contributed by atoms with E-state index >= 15 is 0 Å². The predicted molar refractivity (Wildman–Crippen MR) is 88.1 cm³/mol. The number of aliphatic carboxylic acids is 2. The molecule has 2 rings (SSSR count). The summed E-state index contributed by atoms with van der Waals surface area (Å²) in [7, 11) is 0. The molecular formula is C16H19N3O6. The first-order chi connectivity index (χ1) is 11.9. The van der Waals surface area contributed by atoms with Crippen LogP contribution in [0.3, 0.4) is 0 Å². The Labute approximate surface area is 143 Å². The molecule has 0 bridgehead atoms. The number of carboxylic acid groups (broad SMARTS) is 2. The van der Waals surface area contributed by atoms with Gasteiger partial charge in [-0.2, -0.15) is 0 Å². The number of aryl methyl sites for hydroxylation is 1. The van der Waals surface area contributed by atoms with E-state index in [-0.39, 0.29) is 0 Å². The van der Waals surface area contributed by atoms with Gasteiger partial charge in [0.15, 0.2) is 0 Å². The number of carboxylic acids is 2. The Balaban J connectivity index is 0.000000450. The second kappa shape index (κ2) is 10.4. The number of hydrogen-bond donors (Lipinski definition) is 4. The third-order valence-corrected chi connectivity index (χ3v) is 3.00. The monoisotopic (exact) mass is 349 g/mol. The van der Waals surface area contributed by atoms with Crippen molar-refractivity contribution in [2.45, 2.75) is 19.8 Å². The number of imidazole rings is 1. The standard InChI is InChI=1S/C14H17N3O2.C2H2O4/c1-11(17-18)12-4-2-6-14(8-12)19-7-3-5-13-9-15-10-16-13;3-1(4)2(5)6/h2,4,6,8-10,18H,3,5,7H2,1H3,(H,15,16);(H,3,4)(H,5,6). The average molecular weight is 349 g/mol. The van der Waals surface area contributed by atoms with Gasteiger partial charge in [-0.15, -0.1) is 0 Å². The Bertz CT molecular complexity index is 700. The number of oxime groups is 1. The summed E-state index contributed by atoms with van der Waals surface area (Å²) in [6.07, 6.45) is 5.33. The zero-order valence-electron chi connectivity index (χ0n) is 13.5. The van der Waals surface area contributed by atoms with E-state index in [9.17, 15) is 0 Å². The van der Waals surface area contributed by atoms with Crippen molar-refractivity contribution in [3.05, 3.63) is 48.0 Å². The van der Waals surface area contributed by atoms with Crippen LogP contribution in [-0.2, 0) is 16.0 Å². The number of H-pyrrole nitrogens is 1. The van der Waals surface area contributed by atoms with E-state index < -0.39 is 11.9 Å². The van der Waals surface area contributed by atoms with Crippen molar-refractivity contribution < 1.29 is 29.7 Å². The van der Waals surface area contributed by atoms with Gasteiger partial charge in [0.05, 0.1) is 18.6 Å². The summed E-state index contributed by atoms with van der Waals surface area (Å²) >= 11 is 0. The SMILES string of the molecule is CC(=NO)c1cccc(OCCCc2cnc[nH]2)c1.O=C(O)C(=O)O. The number of aromatic amines is 1. The molecule has 0 aliphatic carbocycles. The van der Waals surface area contributed by atoms with Crippen molar-refractivity contribution in [2.75, 3.05) is 6.61 Å². The van der Waals surface area contributed by atoms with Gasteiger partial charge in [-0.05, 0) is 31.9 Å². The van der Waals surface area contributed by atoms with Crippen LogP contribution in [0.5, 0.6) is 5.75 Å². The first-order valence-corrected chi connectivity index (χ1v) is 7.29. The first-order valence-electron chi connectivity index (χ1n) is 7.29. The number of hydrogen-bond acceptors (Lipinski definition) is 6. The van der Waals surface area contributed by atoms with Crippen molar-refractivity contribution in [1.29, 1.82) is 0 Å². The number of benzene rings is 1. The lowest BCUT2D eigenvalue weighted by molar-refractivity contribution is -0.159. The Morgan fingerprint density at radius 3 is 2.56 bits per heavy atom. The Morgan fingerprint density at radius 2 is 2.00 bits per heavy atom. The van der Waals surface area contributed by atoms with Gasteiger partial charge in [0.1, 0.15) is 5.75 Å². The van der Waals surface area contributed by atoms with E-state index in [4.69, 9.17) is 29.7 Å². The number of aromatic nitrogens is 2. The zero-order valence-corrected chi connectivity index (χ0v) is 13.5. The van der Waals surface area contributed by atoms with Crippen LogP contribution in [0.4, 0.5) is 0 Å². The van der Waals surface area contributed by atoms with Crippen LogP contribution in [0.25, 0.3) is 0 Å². The third kappa shape index (κ3) is 7.64. The van der Waals surface area contributed by atoms with Gasteiger partial charge in [0, 0.05) is 17.5 Å². The van der Waals surface area contributed by atoms with Gasteiger partial charge >= 0.3 is 11.9 Å². The van der Waals surface area contributed by atoms with E-state index in [1.165, 1.54) is 0 Å². The maximum Gasteiger partial charge on any atom is 0.414 e. The second-order valence-corrected chi connectivity index (χ2v) is 4.85. The lowest BCUT2D eigenvalue weighted by atomic mass is 10.1. The molecule has 0 saturated carbocycles. The summed E-state index contributed by atoms with van der Waals surface area (Å²) in [5, 5.41) is 26.7. The highest BCUT2D eigenvalue weighted by molar-refractivity contribution is 6.27. The second-order valence-electron chi connectivity index (χ2n) is 4.85. The van der Waals surface area contributed by atoms with Crippen LogP contribution < -0.4 is 4.74 Å². The summed E-state index contributed by atoms with van der Waals surface area (Å²) in [6.45, 7) is 2.38. The van der Waals surface area contributed by atoms with Crippen molar-refractivity contribution >= 4 is 17.7 Å². The van der Waals surface area contributed by atoms with Gasteiger partial charge in [0.2, 0.25) is 0 Å². The highest BCUT2D eigenvalue weighted by Crippen LogP contribution is 2.14. The minimum atomic E-state index is -1.82. The fraction of sp³-hybridized carbons (Fsp3) is 0.250. The van der Waals surface area contributed by atoms with Crippen molar-refractivity contribution in [2.24, 2.45) is 5.16 Å². The molecule has 2 aromatic rings. The minimum Gasteiger partial charge on any atom is -0.494 e. The van der Waals surface area contributed by atoms with Gasteiger partial charge in [0.25, 0.3) is 0 Å². The molecule has 1 aromatic carbocycles. The van der Waals surface area contributed by atoms with Crippen LogP contribution in [0.2, 0.25) is 0 Å². The van der Waals surface area contributed by atoms with E-state index in [1.807, 2.05) is 30.5 Å². The Morgan fingerprint density at radius 1 is 1.28 bits per heavy atom. The third-order valence-electron chi connectivity index (χ3n) is 3.00. The minimum absolute atomic E-state index is 0.572. The molecule has 0 spiro atoms. The number of nitrogens with one attached hydrogen (secondary N) is 1. The van der Waals surface area contributed by atoms with Gasteiger partial charge < -0.3 is 25.1 Å². The molecule has 1 aromatic heterocycles. The number of rotatable bonds is 6. The normalized spacial score (nSPS) is 10.5. The molecule has 9 heteroatoms. The van der Waals surface area contributed by atoms with Crippen LogP contribution in [0.15, 0.2) is 41.9 Å². The van der Waals surface area contributed by atoms with Crippen LogP contribution in [0.1, 0.15) is 24.6 Å². The Hall–Kier alpha value is -3.36. The fourth-order valence-corrected chi connectivity index (χ4v) is 1.74. The van der Waals surface area contributed by atoms with Crippen molar-refractivity contribution in [3.63, 3.8) is 0 Å². The average Bonchev–Trinajstić information content (AvgIpc) is 3.12. The van der Waals surface area contributed by atoms with Crippen LogP contribution >= 0.6 is 0 Å². The van der Waals surface area contributed by atoms with E-state index in [1.54, 1.807) is 13.3 Å². The highest BCUT2D eigenvalue weighted by atomic mass is 16.5. The smallest absolute Gasteiger partial charge is 0.414 e. The predicted octanol–water partition coefficient (Wildman–Crippen LogP) is 1.78. The molecule has 0 saturated heterocycles. The van der Waals surface area contributed by atoms with E-state index in [0.29, 0.717) is 12.3 Å². The van der Waals surface area contributed by atoms with Crippen LogP contribution in [0, 0.1) is 0 Å². The molecule has 134 valence electrons. The summed E-state index contributed by atoms with van der Waals surface area (Å²) in [5.41, 5.74) is 2.54. The molecule has 0 fully saturated rings. The lowest BCUT2D eigenvalue weighted by Gasteiger charge is -2.07. The number of nitrogens with zero attached hydrogens (tertiary/aromatic N) is 2. The lowest BCUT2D eigenvalue weighted by Crippen LogP contribution is -2.09. The molecule has 0 aliphatic heterocycles. The zero-order chi connectivity index (χ0) is 18.7. The number of ether oxygens (including phenoxy) is 1. The van der Waals surface area contributed by atoms with Crippen molar-refractivity contribution in [3.8, 4) is 5.75 Å². The molecule has 1 heterocycles. The largest absolute Gasteiger partial charge is 0.494 e. The maximum absolute atomic E-state index is 9.10. The van der Waals surface area contributed by atoms with E-state index in [0.717, 1.165) is 29.8 Å². The molecule has 0 amide bonds. The van der Waals surface area contributed by atoms with E-state index in [2.05, 4.69) is 15.1 Å². The molecule has 4 N–H and O–H groups in total. The number of carbonyl (C=O) groups is 2. The summed E-state index contributed by atoms with van der Waals surface area (Å²) in [5.74, 6) is -2.87. The van der Waals surface area contributed by atoms with Gasteiger partial charge in [-0.1, -0.05) is 17.3 Å². The molecule has 0 radical (unpaired) electrons. The molecule has 0 atom stereocenters. The van der Waals surface area contributed by atoms with Crippen molar-refractivity contribution in [1.82, 2.24) is 9.97 Å².